The van der Waals surface area contributed by atoms with Crippen molar-refractivity contribution in [2.24, 2.45) is 0 Å². The molecule has 0 aromatic carbocycles. The summed E-state index contributed by atoms with van der Waals surface area (Å²) in [6.45, 7) is 4.61. The second-order valence-corrected chi connectivity index (χ2v) is 17.1. The van der Waals surface area contributed by atoms with Gasteiger partial charge in [0.05, 0.1) is 0 Å². The predicted octanol–water partition coefficient (Wildman–Crippen LogP) is 14.2. The molecule has 0 aliphatic carbocycles. The first-order chi connectivity index (χ1) is 20.2. The molecule has 0 aliphatic rings. The molecule has 0 aromatic heterocycles. The number of unbranched alkanes of at least 4 members (excludes halogenated alkanes) is 30. The summed E-state index contributed by atoms with van der Waals surface area (Å²) in [5, 5.41) is 0. The molecule has 0 amide bonds. The highest BCUT2D eigenvalue weighted by Crippen LogP contribution is 2.25. The van der Waals surface area contributed by atoms with E-state index in [9.17, 15) is 0 Å². The third-order valence-corrected chi connectivity index (χ3v) is 13.3. The summed E-state index contributed by atoms with van der Waals surface area (Å²) in [5.74, 6) is 0. The minimum Gasteiger partial charge on any atom is -0.398 e. The van der Waals surface area contributed by atoms with Gasteiger partial charge in [0.2, 0.25) is 0 Å². The first kappa shape index (κ1) is 41.1. The summed E-state index contributed by atoms with van der Waals surface area (Å²) < 4.78 is 12.1. The molecule has 0 spiro atoms. The molecule has 2 nitrogen and oxygen atoms in total. The third kappa shape index (κ3) is 30.0. The van der Waals surface area contributed by atoms with Crippen LogP contribution < -0.4 is 0 Å². The SMILES string of the molecule is CCCCCCCCCCCCCCCCCCCC[Si](CCCCCCCCCCCCCCCC)(OC)OC. The van der Waals surface area contributed by atoms with Crippen molar-refractivity contribution in [2.75, 3.05) is 14.2 Å². The van der Waals surface area contributed by atoms with Crippen LogP contribution >= 0.6 is 0 Å². The zero-order valence-electron chi connectivity index (χ0n) is 29.4. The first-order valence-electron chi connectivity index (χ1n) is 19.3. The Morgan fingerprint density at radius 2 is 0.439 bits per heavy atom. The van der Waals surface area contributed by atoms with E-state index in [4.69, 9.17) is 8.85 Å². The fraction of sp³-hybridized carbons (Fsp3) is 1.00. The molecule has 0 rings (SSSR count). The Morgan fingerprint density at radius 3 is 0.610 bits per heavy atom. The van der Waals surface area contributed by atoms with E-state index in [1.165, 1.54) is 218 Å². The van der Waals surface area contributed by atoms with Crippen LogP contribution in [0.25, 0.3) is 0 Å². The van der Waals surface area contributed by atoms with Gasteiger partial charge in [0.25, 0.3) is 0 Å². The van der Waals surface area contributed by atoms with Crippen molar-refractivity contribution >= 4 is 8.56 Å². The van der Waals surface area contributed by atoms with Gasteiger partial charge in [-0.25, -0.2) is 0 Å². The van der Waals surface area contributed by atoms with Crippen LogP contribution in [-0.2, 0) is 8.85 Å². The molecule has 0 aliphatic heterocycles. The van der Waals surface area contributed by atoms with Crippen LogP contribution in [0.3, 0.4) is 0 Å². The molecule has 0 unspecified atom stereocenters. The van der Waals surface area contributed by atoms with Gasteiger partial charge in [-0.1, -0.05) is 219 Å². The molecule has 0 saturated heterocycles. The molecule has 0 atom stereocenters. The Morgan fingerprint density at radius 1 is 0.268 bits per heavy atom. The van der Waals surface area contributed by atoms with Crippen LogP contribution in [0.1, 0.15) is 219 Å². The highest BCUT2D eigenvalue weighted by Gasteiger charge is 2.33. The van der Waals surface area contributed by atoms with E-state index in [0.717, 1.165) is 0 Å². The summed E-state index contributed by atoms with van der Waals surface area (Å²) in [7, 11) is 1.86. The predicted molar refractivity (Wildman–Crippen MR) is 188 cm³/mol. The van der Waals surface area contributed by atoms with Gasteiger partial charge in [0, 0.05) is 14.2 Å². The molecular formula is C38H80O2Si. The minimum absolute atomic E-state index is 1.19. The minimum atomic E-state index is -1.96. The molecule has 41 heavy (non-hydrogen) atoms. The van der Waals surface area contributed by atoms with Gasteiger partial charge in [-0.15, -0.1) is 0 Å². The monoisotopic (exact) mass is 597 g/mol. The first-order valence-corrected chi connectivity index (χ1v) is 21.6. The summed E-state index contributed by atoms with van der Waals surface area (Å²) in [6, 6.07) is 2.38. The van der Waals surface area contributed by atoms with E-state index >= 15 is 0 Å². The van der Waals surface area contributed by atoms with E-state index in [-0.39, 0.29) is 0 Å². The average Bonchev–Trinajstić information content (AvgIpc) is 2.99. The highest BCUT2D eigenvalue weighted by molar-refractivity contribution is 6.67. The molecule has 0 radical (unpaired) electrons. The molecule has 0 heterocycles. The molecular weight excluding hydrogens is 517 g/mol. The largest absolute Gasteiger partial charge is 0.398 e. The summed E-state index contributed by atoms with van der Waals surface area (Å²) >= 11 is 0. The third-order valence-electron chi connectivity index (χ3n) is 9.57. The lowest BCUT2D eigenvalue weighted by molar-refractivity contribution is 0.238. The molecule has 0 aromatic rings. The van der Waals surface area contributed by atoms with Crippen LogP contribution in [0.4, 0.5) is 0 Å². The van der Waals surface area contributed by atoms with Gasteiger partial charge in [0.1, 0.15) is 0 Å². The van der Waals surface area contributed by atoms with Crippen molar-refractivity contribution in [1.82, 2.24) is 0 Å². The lowest BCUT2D eigenvalue weighted by Crippen LogP contribution is -2.39. The van der Waals surface area contributed by atoms with E-state index in [2.05, 4.69) is 13.8 Å². The summed E-state index contributed by atoms with van der Waals surface area (Å²) in [4.78, 5) is 0. The lowest BCUT2D eigenvalue weighted by atomic mass is 10.0. The van der Waals surface area contributed by atoms with Crippen molar-refractivity contribution in [3.05, 3.63) is 0 Å². The van der Waals surface area contributed by atoms with E-state index in [0.29, 0.717) is 0 Å². The Labute approximate surface area is 262 Å². The van der Waals surface area contributed by atoms with Gasteiger partial charge in [-0.05, 0) is 12.1 Å². The summed E-state index contributed by atoms with van der Waals surface area (Å²) in [6.07, 6.45) is 45.7. The van der Waals surface area contributed by atoms with Crippen LogP contribution in [0, 0.1) is 0 Å². The molecule has 3 heteroatoms. The maximum atomic E-state index is 6.05. The van der Waals surface area contributed by atoms with Crippen LogP contribution in [0.2, 0.25) is 12.1 Å². The second-order valence-electron chi connectivity index (χ2n) is 13.4. The van der Waals surface area contributed by atoms with Crippen LogP contribution in [0.5, 0.6) is 0 Å². The fourth-order valence-corrected chi connectivity index (χ4v) is 9.31. The topological polar surface area (TPSA) is 18.5 Å². The van der Waals surface area contributed by atoms with Crippen molar-refractivity contribution in [3.8, 4) is 0 Å². The van der Waals surface area contributed by atoms with Crippen molar-refractivity contribution < 1.29 is 8.85 Å². The molecule has 0 fully saturated rings. The van der Waals surface area contributed by atoms with Gasteiger partial charge in [-0.2, -0.15) is 0 Å². The maximum Gasteiger partial charge on any atom is 0.337 e. The zero-order chi connectivity index (χ0) is 30.0. The van der Waals surface area contributed by atoms with Crippen LogP contribution in [0.15, 0.2) is 0 Å². The quantitative estimate of drug-likeness (QED) is 0.0529. The highest BCUT2D eigenvalue weighted by atomic mass is 28.4. The normalized spacial score (nSPS) is 12.0. The molecule has 248 valence electrons. The number of hydrogen-bond acceptors (Lipinski definition) is 2. The van der Waals surface area contributed by atoms with Gasteiger partial charge in [0.15, 0.2) is 0 Å². The Balaban J connectivity index is 3.49. The van der Waals surface area contributed by atoms with Crippen molar-refractivity contribution in [3.63, 3.8) is 0 Å². The summed E-state index contributed by atoms with van der Waals surface area (Å²) in [5.41, 5.74) is 0. The zero-order valence-corrected chi connectivity index (χ0v) is 30.4. The molecule has 0 N–H and O–H groups in total. The number of rotatable bonds is 36. The maximum absolute atomic E-state index is 6.05. The second kappa shape index (κ2) is 34.6. The van der Waals surface area contributed by atoms with Gasteiger partial charge < -0.3 is 8.85 Å². The lowest BCUT2D eigenvalue weighted by Gasteiger charge is -2.27. The van der Waals surface area contributed by atoms with Gasteiger partial charge >= 0.3 is 8.56 Å². The van der Waals surface area contributed by atoms with Gasteiger partial charge in [-0.3, -0.25) is 0 Å². The molecule has 0 bridgehead atoms. The van der Waals surface area contributed by atoms with Crippen LogP contribution in [-0.4, -0.2) is 22.8 Å². The van der Waals surface area contributed by atoms with E-state index in [1.807, 2.05) is 14.2 Å². The standard InChI is InChI=1S/C38H80O2Si/c1-5-7-9-11-13-15-17-19-21-22-23-24-26-28-30-32-34-36-38-41(39-3,40-4)37-35-33-31-29-27-25-20-18-16-14-12-10-8-6-2/h5-38H2,1-4H3. The van der Waals surface area contributed by atoms with E-state index in [1.54, 1.807) is 0 Å². The Bertz CT molecular complexity index is 465. The van der Waals surface area contributed by atoms with E-state index < -0.39 is 8.56 Å². The molecule has 0 saturated carbocycles. The number of hydrogen-bond donors (Lipinski definition) is 0. The fourth-order valence-electron chi connectivity index (χ4n) is 6.50. The smallest absolute Gasteiger partial charge is 0.337 e. The average molecular weight is 597 g/mol. The van der Waals surface area contributed by atoms with Crippen molar-refractivity contribution in [1.29, 1.82) is 0 Å². The van der Waals surface area contributed by atoms with Crippen molar-refractivity contribution in [2.45, 2.75) is 231 Å². The Kier molecular flexibility index (Phi) is 34.7. The Hall–Kier alpha value is 0.137.